The molecule has 8 heteroatoms. The lowest BCUT2D eigenvalue weighted by molar-refractivity contribution is 0.0391. The fourth-order valence-corrected chi connectivity index (χ4v) is 6.57. The number of nitrogen functional groups attached to an aromatic ring is 1. The number of benzene rings is 3. The zero-order chi connectivity index (χ0) is 29.1. The molecule has 3 atom stereocenters. The van der Waals surface area contributed by atoms with Crippen LogP contribution in [0.25, 0.3) is 0 Å². The first-order valence-electron chi connectivity index (χ1n) is 14.4. The molecule has 2 heterocycles. The molecule has 3 aromatic carbocycles. The van der Waals surface area contributed by atoms with Gasteiger partial charge in [0.15, 0.2) is 0 Å². The van der Waals surface area contributed by atoms with Crippen LogP contribution in [-0.4, -0.2) is 53.0 Å². The van der Waals surface area contributed by atoms with E-state index in [2.05, 4.69) is 10.2 Å². The number of amides is 1. The van der Waals surface area contributed by atoms with Crippen LogP contribution in [0.2, 0.25) is 5.02 Å². The fourth-order valence-electron chi connectivity index (χ4n) is 6.32. The van der Waals surface area contributed by atoms with Crippen LogP contribution in [0, 0.1) is 11.3 Å². The summed E-state index contributed by atoms with van der Waals surface area (Å²) in [5.41, 5.74) is 9.43. The van der Waals surface area contributed by atoms with Crippen LogP contribution in [0.5, 0.6) is 5.75 Å². The van der Waals surface area contributed by atoms with Gasteiger partial charge in [0, 0.05) is 46.0 Å². The molecule has 1 amide bonds. The van der Waals surface area contributed by atoms with Crippen molar-refractivity contribution in [1.29, 1.82) is 5.41 Å². The van der Waals surface area contributed by atoms with Crippen LogP contribution < -0.4 is 15.8 Å². The SMILES string of the molecule is CC(C)C(NC(=O)c1ccc(N)c(C(=N)c2ccc(OC3CC4CCC(C3)N4CCO)cc2)c1)c1ccccc1Cl. The number of nitrogens with zero attached hydrogens (tertiary/aromatic N) is 1. The molecule has 2 aliphatic rings. The van der Waals surface area contributed by atoms with E-state index < -0.39 is 0 Å². The maximum absolute atomic E-state index is 13.3. The zero-order valence-corrected chi connectivity index (χ0v) is 24.4. The van der Waals surface area contributed by atoms with E-state index in [0.717, 1.165) is 43.5 Å². The molecule has 0 aliphatic carbocycles. The van der Waals surface area contributed by atoms with Crippen LogP contribution in [0.3, 0.4) is 0 Å². The smallest absolute Gasteiger partial charge is 0.251 e. The third kappa shape index (κ3) is 6.43. The minimum atomic E-state index is -0.263. The van der Waals surface area contributed by atoms with Gasteiger partial charge in [-0.15, -0.1) is 0 Å². The van der Waals surface area contributed by atoms with Crippen molar-refractivity contribution in [2.75, 3.05) is 18.9 Å². The van der Waals surface area contributed by atoms with Crippen molar-refractivity contribution < 1.29 is 14.6 Å². The number of nitrogens with one attached hydrogen (secondary N) is 2. The molecule has 0 spiro atoms. The Hall–Kier alpha value is -3.39. The second-order valence-electron chi connectivity index (χ2n) is 11.5. The second-order valence-corrected chi connectivity index (χ2v) is 11.9. The lowest BCUT2D eigenvalue weighted by Crippen LogP contribution is -2.47. The molecule has 3 unspecified atom stereocenters. The van der Waals surface area contributed by atoms with Gasteiger partial charge in [-0.05, 0) is 85.7 Å². The van der Waals surface area contributed by atoms with Crippen molar-refractivity contribution in [2.45, 2.75) is 63.8 Å². The molecule has 5 N–H and O–H groups in total. The van der Waals surface area contributed by atoms with Gasteiger partial charge in [-0.3, -0.25) is 15.1 Å². The van der Waals surface area contributed by atoms with Gasteiger partial charge in [0.05, 0.1) is 18.4 Å². The third-order valence-electron chi connectivity index (χ3n) is 8.42. The van der Waals surface area contributed by atoms with Gasteiger partial charge in [0.25, 0.3) is 5.91 Å². The molecule has 7 nitrogen and oxygen atoms in total. The predicted molar refractivity (Wildman–Crippen MR) is 164 cm³/mol. The Bertz CT molecular complexity index is 1380. The Morgan fingerprint density at radius 3 is 2.37 bits per heavy atom. The second kappa shape index (κ2) is 12.6. The van der Waals surface area contributed by atoms with Crippen molar-refractivity contribution >= 4 is 28.9 Å². The standard InChI is InChI=1S/C33H39ClN4O3/c1-20(2)32(27-5-3-4-6-29(27)34)37-33(40)22-9-14-30(35)28(17-22)31(36)21-7-12-25(13-8-21)41-26-18-23-10-11-24(19-26)38(23)15-16-39/h3-9,12-14,17,20,23-24,26,32,36,39H,10-11,15-16,18-19,35H2,1-2H3,(H,37,40). The average molecular weight is 575 g/mol. The van der Waals surface area contributed by atoms with Crippen LogP contribution >= 0.6 is 11.6 Å². The van der Waals surface area contributed by atoms with Crippen LogP contribution in [0.15, 0.2) is 66.7 Å². The van der Waals surface area contributed by atoms with Gasteiger partial charge in [-0.2, -0.15) is 0 Å². The van der Waals surface area contributed by atoms with Gasteiger partial charge in [0.2, 0.25) is 0 Å². The van der Waals surface area contributed by atoms with E-state index in [1.54, 1.807) is 18.2 Å². The first-order chi connectivity index (χ1) is 19.7. The lowest BCUT2D eigenvalue weighted by Gasteiger charge is -2.38. The number of anilines is 1. The quantitative estimate of drug-likeness (QED) is 0.180. The average Bonchev–Trinajstić information content (AvgIpc) is 3.19. The van der Waals surface area contributed by atoms with Crippen molar-refractivity contribution in [3.05, 3.63) is 94.0 Å². The molecule has 5 rings (SSSR count). The number of carbonyl (C=O) groups is 1. The van der Waals surface area contributed by atoms with E-state index in [1.807, 2.05) is 62.4 Å². The number of ether oxygens (including phenoxy) is 1. The largest absolute Gasteiger partial charge is 0.490 e. The van der Waals surface area contributed by atoms with Gasteiger partial charge in [-0.1, -0.05) is 43.6 Å². The fraction of sp³-hybridized carbons (Fsp3) is 0.394. The Kier molecular flexibility index (Phi) is 8.97. The highest BCUT2D eigenvalue weighted by atomic mass is 35.5. The maximum Gasteiger partial charge on any atom is 0.251 e. The molecule has 0 aromatic heterocycles. The lowest BCUT2D eigenvalue weighted by atomic mass is 9.95. The molecule has 2 bridgehead atoms. The summed E-state index contributed by atoms with van der Waals surface area (Å²) in [6, 6.07) is 20.8. The number of rotatable bonds is 10. The summed E-state index contributed by atoms with van der Waals surface area (Å²) in [6.07, 6.45) is 4.41. The Balaban J connectivity index is 1.26. The molecule has 41 heavy (non-hydrogen) atoms. The minimum Gasteiger partial charge on any atom is -0.490 e. The van der Waals surface area contributed by atoms with Crippen LogP contribution in [0.4, 0.5) is 5.69 Å². The van der Waals surface area contributed by atoms with E-state index >= 15 is 0 Å². The van der Waals surface area contributed by atoms with Crippen LogP contribution in [-0.2, 0) is 0 Å². The van der Waals surface area contributed by atoms with Gasteiger partial charge < -0.3 is 20.9 Å². The molecule has 2 saturated heterocycles. The molecule has 0 radical (unpaired) electrons. The zero-order valence-electron chi connectivity index (χ0n) is 23.6. The highest BCUT2D eigenvalue weighted by Crippen LogP contribution is 2.37. The van der Waals surface area contributed by atoms with Crippen LogP contribution in [0.1, 0.15) is 72.6 Å². The summed E-state index contributed by atoms with van der Waals surface area (Å²) < 4.78 is 6.33. The highest BCUT2D eigenvalue weighted by molar-refractivity contribution is 6.31. The van der Waals surface area contributed by atoms with Crippen molar-refractivity contribution in [3.63, 3.8) is 0 Å². The molecule has 216 valence electrons. The Morgan fingerprint density at radius 2 is 1.73 bits per heavy atom. The maximum atomic E-state index is 13.3. The number of halogens is 1. The highest BCUT2D eigenvalue weighted by Gasteiger charge is 2.41. The summed E-state index contributed by atoms with van der Waals surface area (Å²) in [5, 5.41) is 22.0. The number of hydrogen-bond acceptors (Lipinski definition) is 6. The van der Waals surface area contributed by atoms with E-state index in [4.69, 9.17) is 27.5 Å². The topological polar surface area (TPSA) is 112 Å². The van der Waals surface area contributed by atoms with E-state index in [0.29, 0.717) is 39.5 Å². The summed E-state index contributed by atoms with van der Waals surface area (Å²) in [7, 11) is 0. The Morgan fingerprint density at radius 1 is 1.07 bits per heavy atom. The number of aliphatic hydroxyl groups excluding tert-OH is 1. The number of hydrogen-bond donors (Lipinski definition) is 4. The minimum absolute atomic E-state index is 0.120. The Labute approximate surface area is 247 Å². The molecular weight excluding hydrogens is 536 g/mol. The normalized spacial score (nSPS) is 21.0. The monoisotopic (exact) mass is 574 g/mol. The first-order valence-corrected chi connectivity index (χ1v) is 14.8. The van der Waals surface area contributed by atoms with Crippen molar-refractivity contribution in [3.8, 4) is 5.75 Å². The van der Waals surface area contributed by atoms with E-state index in [9.17, 15) is 9.90 Å². The van der Waals surface area contributed by atoms with Gasteiger partial charge in [-0.25, -0.2) is 0 Å². The number of fused-ring (bicyclic) bond motifs is 2. The summed E-state index contributed by atoms with van der Waals surface area (Å²) in [5.74, 6) is 0.650. The van der Waals surface area contributed by atoms with E-state index in [1.165, 1.54) is 0 Å². The number of carbonyl (C=O) groups excluding carboxylic acids is 1. The molecule has 0 saturated carbocycles. The molecule has 3 aromatic rings. The van der Waals surface area contributed by atoms with Crippen molar-refractivity contribution in [2.24, 2.45) is 5.92 Å². The van der Waals surface area contributed by atoms with Gasteiger partial charge >= 0.3 is 0 Å². The summed E-state index contributed by atoms with van der Waals surface area (Å²) in [6.45, 7) is 5.02. The first kappa shape index (κ1) is 29.1. The molecule has 2 fully saturated rings. The number of nitrogens with two attached hydrogens (primary N) is 1. The van der Waals surface area contributed by atoms with Crippen molar-refractivity contribution in [1.82, 2.24) is 10.2 Å². The number of piperidine rings is 1. The molecular formula is C33H39ClN4O3. The third-order valence-corrected chi connectivity index (χ3v) is 8.77. The van der Waals surface area contributed by atoms with Gasteiger partial charge in [0.1, 0.15) is 11.9 Å². The van der Waals surface area contributed by atoms with E-state index in [-0.39, 0.29) is 36.3 Å². The number of aliphatic hydroxyl groups is 1. The summed E-state index contributed by atoms with van der Waals surface area (Å²) in [4.78, 5) is 15.7. The predicted octanol–water partition coefficient (Wildman–Crippen LogP) is 5.83. The molecule has 2 aliphatic heterocycles. The summed E-state index contributed by atoms with van der Waals surface area (Å²) >= 11 is 6.43.